The van der Waals surface area contributed by atoms with Crippen molar-refractivity contribution in [3.63, 3.8) is 0 Å². The fourth-order valence-corrected chi connectivity index (χ4v) is 7.40. The van der Waals surface area contributed by atoms with Crippen molar-refractivity contribution in [1.82, 2.24) is 19.0 Å². The van der Waals surface area contributed by atoms with E-state index in [4.69, 9.17) is 15.5 Å². The van der Waals surface area contributed by atoms with Crippen molar-refractivity contribution in [2.45, 2.75) is 63.6 Å². The van der Waals surface area contributed by atoms with Crippen LogP contribution in [0.2, 0.25) is 0 Å². The van der Waals surface area contributed by atoms with Gasteiger partial charge in [0.15, 0.2) is 5.82 Å². The Morgan fingerprint density at radius 2 is 1.90 bits per heavy atom. The van der Waals surface area contributed by atoms with E-state index in [0.29, 0.717) is 23.1 Å². The van der Waals surface area contributed by atoms with Crippen LogP contribution < -0.4 is 15.8 Å². The molecule has 41 heavy (non-hydrogen) atoms. The fraction of sp³-hybridized carbons (Fsp3) is 0.515. The van der Waals surface area contributed by atoms with Crippen molar-refractivity contribution in [1.29, 1.82) is 0 Å². The summed E-state index contributed by atoms with van der Waals surface area (Å²) in [6.45, 7) is 2.77. The number of imidazole rings is 1. The van der Waals surface area contributed by atoms with Crippen LogP contribution in [0.5, 0.6) is 5.75 Å². The number of piperidine rings is 1. The number of benzene rings is 2. The molecule has 3 heterocycles. The number of carbonyl (C=O) groups is 1. The number of likely N-dealkylation sites (tertiary alicyclic amines) is 1. The highest BCUT2D eigenvalue weighted by atomic mass is 16.5. The maximum atomic E-state index is 13.7. The number of fused-ring (bicyclic) bond motifs is 4. The van der Waals surface area contributed by atoms with Gasteiger partial charge in [-0.3, -0.25) is 4.79 Å². The number of rotatable bonds is 9. The number of aryl methyl sites for hydroxylation is 1. The molecule has 2 aromatic carbocycles. The number of nitrogens with two attached hydrogens (primary N) is 1. The molecule has 1 unspecified atom stereocenters. The van der Waals surface area contributed by atoms with Crippen LogP contribution in [0.15, 0.2) is 36.4 Å². The molecule has 3 N–H and O–H groups in total. The number of hydrogen-bond donors (Lipinski definition) is 2. The van der Waals surface area contributed by atoms with E-state index in [0.717, 1.165) is 60.9 Å². The van der Waals surface area contributed by atoms with Crippen LogP contribution in [-0.2, 0) is 13.6 Å². The predicted molar refractivity (Wildman–Crippen MR) is 162 cm³/mol. The minimum atomic E-state index is 0.0321. The standard InChI is InChI=1S/C33H40N6O2/c1-37-31-25(13-23(15-29(31)41-2)33(40)39-18-22-8-10-26(39)30(22)34)36-32(37)28-14-21-7-9-24(35-12-11-19-3-4-19)16-27(21)38(28)17-20-5-6-20/h7,9,13-16,19-20,22,26,30,35H,3-6,8,10-12,17-18,34H2,1-2H3/t22-,26?,30+/m1/s1. The smallest absolute Gasteiger partial charge is 0.254 e. The zero-order chi connectivity index (χ0) is 27.8. The van der Waals surface area contributed by atoms with Gasteiger partial charge < -0.3 is 29.8 Å². The Kier molecular flexibility index (Phi) is 5.85. The molecule has 0 radical (unpaired) electrons. The van der Waals surface area contributed by atoms with E-state index in [9.17, 15) is 4.79 Å². The van der Waals surface area contributed by atoms with Crippen LogP contribution in [-0.4, -0.2) is 57.2 Å². The van der Waals surface area contributed by atoms with Crippen molar-refractivity contribution >= 4 is 33.5 Å². The average Bonchev–Trinajstić information content (AvgIpc) is 3.88. The number of hydrogen-bond acceptors (Lipinski definition) is 5. The summed E-state index contributed by atoms with van der Waals surface area (Å²) in [5, 5.41) is 4.89. The van der Waals surface area contributed by atoms with E-state index in [1.165, 1.54) is 48.7 Å². The number of nitrogens with zero attached hydrogens (tertiary/aromatic N) is 4. The summed E-state index contributed by atoms with van der Waals surface area (Å²) >= 11 is 0. The highest BCUT2D eigenvalue weighted by molar-refractivity contribution is 6.00. The van der Waals surface area contributed by atoms with E-state index >= 15 is 0 Å². The monoisotopic (exact) mass is 552 g/mol. The van der Waals surface area contributed by atoms with Crippen LogP contribution >= 0.6 is 0 Å². The van der Waals surface area contributed by atoms with Gasteiger partial charge in [0.2, 0.25) is 0 Å². The van der Waals surface area contributed by atoms with Crippen molar-refractivity contribution in [2.24, 2.45) is 30.5 Å². The molecule has 8 nitrogen and oxygen atoms in total. The molecule has 2 aromatic heterocycles. The number of carbonyl (C=O) groups excluding carboxylic acids is 1. The Hall–Kier alpha value is -3.52. The van der Waals surface area contributed by atoms with Crippen molar-refractivity contribution < 1.29 is 9.53 Å². The molecule has 8 rings (SSSR count). The topological polar surface area (TPSA) is 90.3 Å². The minimum Gasteiger partial charge on any atom is -0.494 e. The molecular weight excluding hydrogens is 512 g/mol. The maximum absolute atomic E-state index is 13.7. The maximum Gasteiger partial charge on any atom is 0.254 e. The van der Waals surface area contributed by atoms with Gasteiger partial charge in [0, 0.05) is 55.4 Å². The Balaban J connectivity index is 1.18. The summed E-state index contributed by atoms with van der Waals surface area (Å²) in [6.07, 6.45) is 8.71. The first-order valence-electron chi connectivity index (χ1n) is 15.5. The molecule has 3 atom stereocenters. The van der Waals surface area contributed by atoms with Gasteiger partial charge in [-0.1, -0.05) is 18.9 Å². The van der Waals surface area contributed by atoms with E-state index < -0.39 is 0 Å². The Bertz CT molecular complexity index is 1660. The summed E-state index contributed by atoms with van der Waals surface area (Å²) < 4.78 is 10.4. The molecule has 4 aromatic rings. The van der Waals surface area contributed by atoms with Crippen LogP contribution in [0, 0.1) is 17.8 Å². The lowest BCUT2D eigenvalue weighted by atomic mass is 10.1. The van der Waals surface area contributed by atoms with Crippen molar-refractivity contribution in [3.05, 3.63) is 42.0 Å². The van der Waals surface area contributed by atoms with Gasteiger partial charge in [-0.15, -0.1) is 0 Å². The first-order chi connectivity index (χ1) is 20.0. The molecule has 214 valence electrons. The molecule has 3 aliphatic carbocycles. The third kappa shape index (κ3) is 4.30. The molecule has 4 fully saturated rings. The Morgan fingerprint density at radius 1 is 1.07 bits per heavy atom. The summed E-state index contributed by atoms with van der Waals surface area (Å²) in [7, 11) is 3.72. The van der Waals surface area contributed by atoms with E-state index in [2.05, 4.69) is 45.8 Å². The zero-order valence-corrected chi connectivity index (χ0v) is 24.1. The second-order valence-corrected chi connectivity index (χ2v) is 13.0. The first-order valence-corrected chi connectivity index (χ1v) is 15.5. The lowest BCUT2D eigenvalue weighted by Crippen LogP contribution is -2.41. The summed E-state index contributed by atoms with van der Waals surface area (Å²) in [5.41, 5.74) is 12.3. The van der Waals surface area contributed by atoms with Gasteiger partial charge >= 0.3 is 0 Å². The second-order valence-electron chi connectivity index (χ2n) is 13.0. The summed E-state index contributed by atoms with van der Waals surface area (Å²) in [5.74, 6) is 3.65. The van der Waals surface area contributed by atoms with Gasteiger partial charge in [-0.25, -0.2) is 4.98 Å². The Labute approximate surface area is 240 Å². The van der Waals surface area contributed by atoms with E-state index in [-0.39, 0.29) is 18.0 Å². The largest absolute Gasteiger partial charge is 0.494 e. The van der Waals surface area contributed by atoms with Crippen LogP contribution in [0.3, 0.4) is 0 Å². The van der Waals surface area contributed by atoms with Crippen molar-refractivity contribution in [2.75, 3.05) is 25.5 Å². The molecule has 2 bridgehead atoms. The molecule has 1 aliphatic heterocycles. The highest BCUT2D eigenvalue weighted by Crippen LogP contribution is 2.40. The first kappa shape index (κ1) is 25.2. The third-order valence-electron chi connectivity index (χ3n) is 10.2. The fourth-order valence-electron chi connectivity index (χ4n) is 7.40. The average molecular weight is 553 g/mol. The van der Waals surface area contributed by atoms with Gasteiger partial charge in [0.05, 0.1) is 23.8 Å². The number of aromatic nitrogens is 3. The van der Waals surface area contributed by atoms with Crippen molar-refractivity contribution in [3.8, 4) is 17.3 Å². The Morgan fingerprint density at radius 3 is 2.61 bits per heavy atom. The lowest BCUT2D eigenvalue weighted by molar-refractivity contribution is 0.0700. The van der Waals surface area contributed by atoms with E-state index in [1.54, 1.807) is 7.11 Å². The van der Waals surface area contributed by atoms with Gasteiger partial charge in [-0.05, 0) is 80.2 Å². The van der Waals surface area contributed by atoms with Gasteiger partial charge in [0.25, 0.3) is 5.91 Å². The highest BCUT2D eigenvalue weighted by Gasteiger charge is 2.47. The number of nitrogens with one attached hydrogen (secondary N) is 1. The molecular formula is C33H40N6O2. The molecule has 0 spiro atoms. The van der Waals surface area contributed by atoms with Crippen LogP contribution in [0.4, 0.5) is 5.69 Å². The SMILES string of the molecule is COc1cc(C(=O)N2C[C@H]3CCC2[C@H]3N)cc2nc(-c3cc4ccc(NCCC5CC5)cc4n3CC3CC3)n(C)c12. The van der Waals surface area contributed by atoms with Gasteiger partial charge in [0.1, 0.15) is 11.3 Å². The lowest BCUT2D eigenvalue weighted by Gasteiger charge is -2.27. The van der Waals surface area contributed by atoms with E-state index in [1.807, 2.05) is 17.0 Å². The van der Waals surface area contributed by atoms with Gasteiger partial charge in [-0.2, -0.15) is 0 Å². The molecule has 8 heteroatoms. The second kappa shape index (κ2) is 9.51. The quantitative estimate of drug-likeness (QED) is 0.291. The molecule has 1 saturated heterocycles. The number of methoxy groups -OCH3 is 1. The number of ether oxygens (including phenoxy) is 1. The summed E-state index contributed by atoms with van der Waals surface area (Å²) in [6, 6.07) is 13.1. The third-order valence-corrected chi connectivity index (χ3v) is 10.2. The zero-order valence-electron chi connectivity index (χ0n) is 24.1. The van der Waals surface area contributed by atoms with Crippen LogP contribution in [0.1, 0.15) is 55.3 Å². The molecule has 1 amide bonds. The van der Waals surface area contributed by atoms with Crippen LogP contribution in [0.25, 0.3) is 33.5 Å². The number of anilines is 1. The summed E-state index contributed by atoms with van der Waals surface area (Å²) in [4.78, 5) is 20.8. The molecule has 3 saturated carbocycles. The predicted octanol–water partition coefficient (Wildman–Crippen LogP) is 5.39. The molecule has 4 aliphatic rings. The normalized spacial score (nSPS) is 23.7. The number of amides is 1. The minimum absolute atomic E-state index is 0.0321.